The summed E-state index contributed by atoms with van der Waals surface area (Å²) in [5, 5.41) is 3.42. The quantitative estimate of drug-likeness (QED) is 0.580. The minimum atomic E-state index is -0.393. The molecule has 2 aliphatic rings. The third-order valence-electron chi connectivity index (χ3n) is 6.62. The van der Waals surface area contributed by atoms with Crippen LogP contribution in [0.1, 0.15) is 26.7 Å². The second-order valence-electron chi connectivity index (χ2n) is 9.34. The monoisotopic (exact) mass is 473 g/mol. The standard InChI is InChI=1S/C23H35N7O4/c1-16(2)7-9-30-19-20(26(3)23(33)27(4)21(19)32)25-22(30)29-8-5-6-17(15-29)24-14-18(31)28-10-12-34-13-11-28/h7,17,24H,5-6,8-15H2,1-4H3. The summed E-state index contributed by atoms with van der Waals surface area (Å²) in [6.07, 6.45) is 3.95. The van der Waals surface area contributed by atoms with Gasteiger partial charge < -0.3 is 24.4 Å². The number of piperidine rings is 1. The van der Waals surface area contributed by atoms with Gasteiger partial charge in [-0.3, -0.25) is 18.7 Å². The molecule has 2 fully saturated rings. The van der Waals surface area contributed by atoms with Crippen LogP contribution in [0.3, 0.4) is 0 Å². The van der Waals surface area contributed by atoms with Gasteiger partial charge in [-0.15, -0.1) is 0 Å². The number of imidazole rings is 1. The molecule has 4 rings (SSSR count). The minimum absolute atomic E-state index is 0.0923. The van der Waals surface area contributed by atoms with Crippen molar-refractivity contribution in [3.63, 3.8) is 0 Å². The van der Waals surface area contributed by atoms with E-state index in [1.54, 1.807) is 7.05 Å². The lowest BCUT2D eigenvalue weighted by Gasteiger charge is -2.34. The summed E-state index contributed by atoms with van der Waals surface area (Å²) < 4.78 is 9.80. The number of anilines is 1. The molecule has 4 heterocycles. The number of rotatable bonds is 6. The number of carbonyl (C=O) groups excluding carboxylic acids is 1. The highest BCUT2D eigenvalue weighted by Gasteiger charge is 2.27. The van der Waals surface area contributed by atoms with Crippen LogP contribution in [-0.4, -0.2) is 81.5 Å². The number of allylic oxidation sites excluding steroid dienone is 2. The van der Waals surface area contributed by atoms with Crippen molar-refractivity contribution in [3.05, 3.63) is 32.5 Å². The second kappa shape index (κ2) is 10.1. The van der Waals surface area contributed by atoms with E-state index in [1.165, 1.54) is 11.6 Å². The Hall–Kier alpha value is -2.92. The van der Waals surface area contributed by atoms with Gasteiger partial charge in [0.05, 0.1) is 19.8 Å². The molecule has 11 heteroatoms. The first-order chi connectivity index (χ1) is 16.3. The molecule has 0 aliphatic carbocycles. The Kier molecular flexibility index (Phi) is 7.22. The van der Waals surface area contributed by atoms with E-state index in [-0.39, 0.29) is 17.5 Å². The molecule has 11 nitrogen and oxygen atoms in total. The van der Waals surface area contributed by atoms with E-state index in [0.29, 0.717) is 63.0 Å². The van der Waals surface area contributed by atoms with Crippen LogP contribution in [-0.2, 0) is 30.2 Å². The molecular formula is C23H35N7O4. The number of aromatic nitrogens is 4. The first-order valence-electron chi connectivity index (χ1n) is 11.9. The number of hydrogen-bond donors (Lipinski definition) is 1. The third kappa shape index (κ3) is 4.80. The highest BCUT2D eigenvalue weighted by molar-refractivity contribution is 5.78. The Labute approximate surface area is 198 Å². The maximum Gasteiger partial charge on any atom is 0.332 e. The molecule has 186 valence electrons. The molecule has 2 aromatic heterocycles. The van der Waals surface area contributed by atoms with Gasteiger partial charge in [-0.05, 0) is 26.7 Å². The molecule has 0 aromatic carbocycles. The molecular weight excluding hydrogens is 438 g/mol. The SMILES string of the molecule is CC(C)=CCn1c(N2CCCC(NCC(=O)N3CCOCC3)C2)nc2c1c(=O)n(C)c(=O)n2C. The summed E-state index contributed by atoms with van der Waals surface area (Å²) in [7, 11) is 3.14. The van der Waals surface area contributed by atoms with Crippen molar-refractivity contribution in [2.45, 2.75) is 39.3 Å². The van der Waals surface area contributed by atoms with E-state index < -0.39 is 5.69 Å². The third-order valence-corrected chi connectivity index (χ3v) is 6.62. The lowest BCUT2D eigenvalue weighted by Crippen LogP contribution is -2.51. The van der Waals surface area contributed by atoms with Gasteiger partial charge in [-0.1, -0.05) is 11.6 Å². The zero-order valence-electron chi connectivity index (χ0n) is 20.5. The summed E-state index contributed by atoms with van der Waals surface area (Å²) in [6.45, 7) is 8.73. The number of fused-ring (bicyclic) bond motifs is 1. The summed E-state index contributed by atoms with van der Waals surface area (Å²) in [6, 6.07) is 0.127. The molecule has 1 atom stereocenters. The number of morpholine rings is 1. The van der Waals surface area contributed by atoms with Crippen LogP contribution in [0.15, 0.2) is 21.2 Å². The molecule has 1 unspecified atom stereocenters. The van der Waals surface area contributed by atoms with Crippen LogP contribution in [0.4, 0.5) is 5.95 Å². The normalized spacial score (nSPS) is 19.0. The first kappa shape index (κ1) is 24.2. The van der Waals surface area contributed by atoms with Crippen LogP contribution in [0, 0.1) is 0 Å². The molecule has 1 N–H and O–H groups in total. The van der Waals surface area contributed by atoms with E-state index in [9.17, 15) is 14.4 Å². The maximum absolute atomic E-state index is 13.0. The van der Waals surface area contributed by atoms with Crippen LogP contribution in [0.5, 0.6) is 0 Å². The summed E-state index contributed by atoms with van der Waals surface area (Å²) in [4.78, 5) is 46.9. The van der Waals surface area contributed by atoms with E-state index in [0.717, 1.165) is 29.5 Å². The molecule has 34 heavy (non-hydrogen) atoms. The molecule has 0 radical (unpaired) electrons. The molecule has 0 bridgehead atoms. The number of amides is 1. The fourth-order valence-electron chi connectivity index (χ4n) is 4.60. The Morgan fingerprint density at radius 3 is 2.59 bits per heavy atom. The Balaban J connectivity index is 1.59. The number of carbonyl (C=O) groups is 1. The van der Waals surface area contributed by atoms with Gasteiger partial charge >= 0.3 is 5.69 Å². The summed E-state index contributed by atoms with van der Waals surface area (Å²) in [5.74, 6) is 0.770. The molecule has 2 saturated heterocycles. The van der Waals surface area contributed by atoms with Gasteiger partial charge in [0, 0.05) is 52.9 Å². The average molecular weight is 474 g/mol. The molecule has 0 saturated carbocycles. The molecule has 2 aliphatic heterocycles. The fraction of sp³-hybridized carbons (Fsp3) is 0.652. The largest absolute Gasteiger partial charge is 0.378 e. The number of ether oxygens (including phenoxy) is 1. The van der Waals surface area contributed by atoms with Crippen molar-refractivity contribution in [2.24, 2.45) is 14.1 Å². The van der Waals surface area contributed by atoms with Crippen LogP contribution in [0.2, 0.25) is 0 Å². The molecule has 2 aromatic rings. The van der Waals surface area contributed by atoms with E-state index in [4.69, 9.17) is 9.72 Å². The highest BCUT2D eigenvalue weighted by Crippen LogP contribution is 2.23. The minimum Gasteiger partial charge on any atom is -0.378 e. The Morgan fingerprint density at radius 1 is 1.15 bits per heavy atom. The van der Waals surface area contributed by atoms with Crippen molar-refractivity contribution >= 4 is 23.0 Å². The number of nitrogens with zero attached hydrogens (tertiary/aromatic N) is 6. The Bertz CT molecular complexity index is 1200. The van der Waals surface area contributed by atoms with Crippen LogP contribution < -0.4 is 21.5 Å². The van der Waals surface area contributed by atoms with E-state index in [2.05, 4.69) is 16.3 Å². The topological polar surface area (TPSA) is 107 Å². The number of nitrogens with one attached hydrogen (secondary N) is 1. The first-order valence-corrected chi connectivity index (χ1v) is 11.9. The fourth-order valence-corrected chi connectivity index (χ4v) is 4.60. The summed E-state index contributed by atoms with van der Waals surface area (Å²) in [5.41, 5.74) is 1.21. The second-order valence-corrected chi connectivity index (χ2v) is 9.34. The van der Waals surface area contributed by atoms with Gasteiger partial charge in [-0.25, -0.2) is 4.79 Å². The van der Waals surface area contributed by atoms with E-state index in [1.807, 2.05) is 23.3 Å². The predicted octanol–water partition coefficient (Wildman–Crippen LogP) is -0.183. The van der Waals surface area contributed by atoms with Crippen LogP contribution >= 0.6 is 0 Å². The van der Waals surface area contributed by atoms with Crippen molar-refractivity contribution in [1.82, 2.24) is 28.9 Å². The van der Waals surface area contributed by atoms with Crippen LogP contribution in [0.25, 0.3) is 11.2 Å². The van der Waals surface area contributed by atoms with Crippen molar-refractivity contribution in [1.29, 1.82) is 0 Å². The number of hydrogen-bond acceptors (Lipinski definition) is 7. The zero-order valence-corrected chi connectivity index (χ0v) is 20.5. The van der Waals surface area contributed by atoms with Crippen molar-refractivity contribution < 1.29 is 9.53 Å². The zero-order chi connectivity index (χ0) is 24.4. The van der Waals surface area contributed by atoms with Gasteiger partial charge in [0.1, 0.15) is 0 Å². The molecule has 0 spiro atoms. The molecule has 1 amide bonds. The van der Waals surface area contributed by atoms with Crippen molar-refractivity contribution in [3.8, 4) is 0 Å². The maximum atomic E-state index is 13.0. The lowest BCUT2D eigenvalue weighted by atomic mass is 10.1. The highest BCUT2D eigenvalue weighted by atomic mass is 16.5. The van der Waals surface area contributed by atoms with Crippen molar-refractivity contribution in [2.75, 3.05) is 50.8 Å². The summed E-state index contributed by atoms with van der Waals surface area (Å²) >= 11 is 0. The smallest absolute Gasteiger partial charge is 0.332 e. The van der Waals surface area contributed by atoms with Gasteiger partial charge in [0.25, 0.3) is 5.56 Å². The van der Waals surface area contributed by atoms with E-state index >= 15 is 0 Å². The number of aryl methyl sites for hydroxylation is 1. The predicted molar refractivity (Wildman–Crippen MR) is 130 cm³/mol. The van der Waals surface area contributed by atoms with Gasteiger partial charge in [0.2, 0.25) is 11.9 Å². The lowest BCUT2D eigenvalue weighted by molar-refractivity contribution is -0.134. The van der Waals surface area contributed by atoms with Gasteiger partial charge in [0.15, 0.2) is 11.2 Å². The van der Waals surface area contributed by atoms with Gasteiger partial charge in [-0.2, -0.15) is 4.98 Å². The average Bonchev–Trinajstić information content (AvgIpc) is 3.24. The Morgan fingerprint density at radius 2 is 1.88 bits per heavy atom.